The van der Waals surface area contributed by atoms with Crippen LogP contribution in [0.5, 0.6) is 0 Å². The molecule has 2 unspecified atom stereocenters. The highest BCUT2D eigenvalue weighted by atomic mass is 31.2. The van der Waals surface area contributed by atoms with Crippen molar-refractivity contribution in [3.8, 4) is 0 Å². The molecule has 2 atom stereocenters. The molecule has 2 N–H and O–H groups in total. The van der Waals surface area contributed by atoms with Crippen LogP contribution < -0.4 is 10.6 Å². The molecule has 0 aliphatic rings. The predicted molar refractivity (Wildman–Crippen MR) is 102 cm³/mol. The fourth-order valence-electron chi connectivity index (χ4n) is 2.63. The van der Waals surface area contributed by atoms with Gasteiger partial charge in [0, 0.05) is 6.16 Å². The molecule has 0 amide bonds. The fraction of sp³-hybridized carbons (Fsp3) is 0.158. The maximum atomic E-state index is 12.6. The van der Waals surface area contributed by atoms with E-state index in [9.17, 15) is 14.6 Å². The lowest BCUT2D eigenvalue weighted by atomic mass is 10.4. The van der Waals surface area contributed by atoms with Crippen molar-refractivity contribution >= 4 is 25.9 Å². The first kappa shape index (κ1) is 18.1. The largest absolute Gasteiger partial charge is 0.466 e. The molecule has 0 aliphatic carbocycles. The Balaban J connectivity index is 1.80. The van der Waals surface area contributed by atoms with Crippen molar-refractivity contribution in [1.29, 1.82) is 0 Å². The maximum Gasteiger partial charge on any atom is 0.236 e. The Bertz CT molecular complexity index is 780. The minimum absolute atomic E-state index is 0.0321. The molecule has 0 saturated carbocycles. The Labute approximate surface area is 148 Å². The highest BCUT2D eigenvalue weighted by Crippen LogP contribution is 2.55. The van der Waals surface area contributed by atoms with Gasteiger partial charge in [0.2, 0.25) is 7.37 Å². The van der Waals surface area contributed by atoms with E-state index in [0.717, 1.165) is 10.6 Å². The number of hydrogen-bond donors (Lipinski definition) is 2. The summed E-state index contributed by atoms with van der Waals surface area (Å²) in [7, 11) is -4.56. The van der Waals surface area contributed by atoms with Gasteiger partial charge in [0.25, 0.3) is 0 Å². The van der Waals surface area contributed by atoms with Gasteiger partial charge in [0.1, 0.15) is 5.76 Å². The number of furan rings is 1. The van der Waals surface area contributed by atoms with Gasteiger partial charge >= 0.3 is 0 Å². The van der Waals surface area contributed by atoms with Crippen molar-refractivity contribution in [3.63, 3.8) is 0 Å². The SMILES string of the molecule is O=P(O)(CCP(c1ccccc1)c1ccccc1)C(O)c1ccco1. The number of aliphatic hydroxyl groups is 1. The fourth-order valence-corrected chi connectivity index (χ4v) is 7.24. The number of rotatable bonds is 7. The molecule has 0 spiro atoms. The average Bonchev–Trinajstić information content (AvgIpc) is 3.17. The van der Waals surface area contributed by atoms with Crippen molar-refractivity contribution < 1.29 is 19.0 Å². The zero-order chi connectivity index (χ0) is 17.7. The van der Waals surface area contributed by atoms with Crippen LogP contribution in [-0.4, -0.2) is 22.3 Å². The van der Waals surface area contributed by atoms with E-state index in [2.05, 4.69) is 0 Å². The average molecular weight is 374 g/mol. The molecule has 2 aromatic carbocycles. The first-order chi connectivity index (χ1) is 12.1. The van der Waals surface area contributed by atoms with Crippen LogP contribution in [0.4, 0.5) is 0 Å². The van der Waals surface area contributed by atoms with Gasteiger partial charge in [0.15, 0.2) is 5.85 Å². The highest BCUT2D eigenvalue weighted by Gasteiger charge is 2.33. The van der Waals surface area contributed by atoms with Crippen LogP contribution in [0, 0.1) is 0 Å². The van der Waals surface area contributed by atoms with Crippen LogP contribution in [0.2, 0.25) is 0 Å². The van der Waals surface area contributed by atoms with E-state index in [4.69, 9.17) is 4.42 Å². The zero-order valence-corrected chi connectivity index (χ0v) is 15.4. The molecule has 0 aliphatic heterocycles. The van der Waals surface area contributed by atoms with E-state index >= 15 is 0 Å². The smallest absolute Gasteiger partial charge is 0.236 e. The topological polar surface area (TPSA) is 70.7 Å². The summed E-state index contributed by atoms with van der Waals surface area (Å²) >= 11 is 0. The van der Waals surface area contributed by atoms with Gasteiger partial charge in [-0.05, 0) is 36.8 Å². The molecule has 6 heteroatoms. The van der Waals surface area contributed by atoms with Crippen molar-refractivity contribution in [2.45, 2.75) is 5.85 Å². The van der Waals surface area contributed by atoms with E-state index in [1.807, 2.05) is 60.7 Å². The Morgan fingerprint density at radius 1 is 0.920 bits per heavy atom. The quantitative estimate of drug-likeness (QED) is 0.619. The molecule has 0 radical (unpaired) electrons. The van der Waals surface area contributed by atoms with Gasteiger partial charge in [-0.15, -0.1) is 0 Å². The molecule has 0 fully saturated rings. The monoisotopic (exact) mass is 374 g/mol. The third-order valence-electron chi connectivity index (χ3n) is 3.96. The lowest BCUT2D eigenvalue weighted by Gasteiger charge is -2.22. The van der Waals surface area contributed by atoms with Gasteiger partial charge in [-0.1, -0.05) is 60.7 Å². The third kappa shape index (κ3) is 4.48. The Hall–Kier alpha value is -1.70. The predicted octanol–water partition coefficient (Wildman–Crippen LogP) is 3.67. The summed E-state index contributed by atoms with van der Waals surface area (Å²) in [5.74, 6) is -1.35. The maximum absolute atomic E-state index is 12.6. The second-order valence-corrected chi connectivity index (χ2v) is 10.5. The zero-order valence-electron chi connectivity index (χ0n) is 13.6. The summed E-state index contributed by atoms with van der Waals surface area (Å²) in [6.45, 7) is 0. The normalized spacial score (nSPS) is 15.0. The summed E-state index contributed by atoms with van der Waals surface area (Å²) in [6, 6.07) is 23.1. The van der Waals surface area contributed by atoms with Crippen LogP contribution in [-0.2, 0) is 4.57 Å². The van der Waals surface area contributed by atoms with Gasteiger partial charge in [0.05, 0.1) is 6.26 Å². The first-order valence-electron chi connectivity index (χ1n) is 7.98. The highest BCUT2D eigenvalue weighted by molar-refractivity contribution is 7.73. The Kier molecular flexibility index (Phi) is 5.88. The molecular formula is C19H20O4P2. The van der Waals surface area contributed by atoms with E-state index in [0.29, 0.717) is 6.16 Å². The van der Waals surface area contributed by atoms with Crippen LogP contribution in [0.3, 0.4) is 0 Å². The molecule has 1 aromatic heterocycles. The molecule has 3 aromatic rings. The summed E-state index contributed by atoms with van der Waals surface area (Å²) in [6.07, 6.45) is 1.94. The summed E-state index contributed by atoms with van der Waals surface area (Å²) < 4.78 is 17.7. The Morgan fingerprint density at radius 2 is 1.48 bits per heavy atom. The lowest BCUT2D eigenvalue weighted by molar-refractivity contribution is 0.206. The molecule has 130 valence electrons. The minimum atomic E-state index is -3.79. The van der Waals surface area contributed by atoms with E-state index in [-0.39, 0.29) is 11.9 Å². The van der Waals surface area contributed by atoms with Crippen molar-refractivity contribution in [2.24, 2.45) is 0 Å². The van der Waals surface area contributed by atoms with Crippen LogP contribution in [0.25, 0.3) is 0 Å². The van der Waals surface area contributed by atoms with E-state index < -0.39 is 21.1 Å². The van der Waals surface area contributed by atoms with E-state index in [1.54, 1.807) is 6.07 Å². The lowest BCUT2D eigenvalue weighted by Crippen LogP contribution is -2.16. The third-order valence-corrected chi connectivity index (χ3v) is 8.71. The first-order valence-corrected chi connectivity index (χ1v) is 11.4. The molecule has 1 heterocycles. The number of hydrogen-bond acceptors (Lipinski definition) is 3. The number of aliphatic hydroxyl groups excluding tert-OH is 1. The van der Waals surface area contributed by atoms with Gasteiger partial charge < -0.3 is 14.4 Å². The second kappa shape index (κ2) is 8.12. The Morgan fingerprint density at radius 3 is 1.96 bits per heavy atom. The minimum Gasteiger partial charge on any atom is -0.466 e. The van der Waals surface area contributed by atoms with Crippen LogP contribution in [0.1, 0.15) is 11.6 Å². The second-order valence-electron chi connectivity index (χ2n) is 5.69. The molecular weight excluding hydrogens is 354 g/mol. The van der Waals surface area contributed by atoms with Gasteiger partial charge in [-0.2, -0.15) is 0 Å². The molecule has 3 rings (SSSR count). The molecule has 25 heavy (non-hydrogen) atoms. The summed E-state index contributed by atoms with van der Waals surface area (Å²) in [5, 5.41) is 12.5. The summed E-state index contributed by atoms with van der Waals surface area (Å²) in [4.78, 5) is 10.4. The number of benzene rings is 2. The van der Waals surface area contributed by atoms with Gasteiger partial charge in [-0.25, -0.2) is 0 Å². The van der Waals surface area contributed by atoms with Crippen molar-refractivity contribution in [2.75, 3.05) is 12.3 Å². The summed E-state index contributed by atoms with van der Waals surface area (Å²) in [5.41, 5.74) is 0. The molecule has 0 bridgehead atoms. The van der Waals surface area contributed by atoms with Gasteiger partial charge in [-0.3, -0.25) is 4.57 Å². The standard InChI is InChI=1S/C19H20O4P2/c20-19(18-12-7-13-23-18)25(21,22)15-14-24(16-8-3-1-4-9-16)17-10-5-2-6-11-17/h1-13,19-20H,14-15H2,(H,21,22). The van der Waals surface area contributed by atoms with Crippen LogP contribution >= 0.6 is 15.3 Å². The molecule has 4 nitrogen and oxygen atoms in total. The van der Waals surface area contributed by atoms with Crippen molar-refractivity contribution in [3.05, 3.63) is 84.8 Å². The van der Waals surface area contributed by atoms with Crippen molar-refractivity contribution in [1.82, 2.24) is 0 Å². The molecule has 0 saturated heterocycles. The van der Waals surface area contributed by atoms with Crippen LogP contribution in [0.15, 0.2) is 83.5 Å². The van der Waals surface area contributed by atoms with E-state index in [1.165, 1.54) is 12.3 Å².